The van der Waals surface area contributed by atoms with Crippen molar-refractivity contribution in [3.05, 3.63) is 40.9 Å². The molecular formula is C11H12N4O. The van der Waals surface area contributed by atoms with Gasteiger partial charge >= 0.3 is 0 Å². The molecule has 0 aliphatic heterocycles. The molecule has 1 heterocycles. The van der Waals surface area contributed by atoms with Crippen LogP contribution in [0.5, 0.6) is 0 Å². The van der Waals surface area contributed by atoms with Crippen LogP contribution in [-0.2, 0) is 0 Å². The molecule has 0 saturated heterocycles. The lowest BCUT2D eigenvalue weighted by molar-refractivity contribution is 0.867. The zero-order chi connectivity index (χ0) is 11.5. The molecule has 0 atom stereocenters. The molecule has 0 spiro atoms. The van der Waals surface area contributed by atoms with Crippen LogP contribution in [-0.4, -0.2) is 16.8 Å². The van der Waals surface area contributed by atoms with Gasteiger partial charge in [-0.2, -0.15) is 5.10 Å². The molecule has 0 aliphatic rings. The Morgan fingerprint density at radius 3 is 2.56 bits per heavy atom. The van der Waals surface area contributed by atoms with Crippen LogP contribution < -0.4 is 5.32 Å². The fourth-order valence-corrected chi connectivity index (χ4v) is 1.61. The normalized spacial score (nSPS) is 10.1. The minimum atomic E-state index is 0.353. The standard InChI is InChI=1S/C11H12N4O/c1-8-10(14-16)11(12-2)15(13-8)9-6-4-3-5-7-9/h3-7,12H,1-2H3. The van der Waals surface area contributed by atoms with Crippen molar-refractivity contribution >= 4 is 11.5 Å². The van der Waals surface area contributed by atoms with E-state index in [1.165, 1.54) is 0 Å². The fraction of sp³-hybridized carbons (Fsp3) is 0.182. The maximum absolute atomic E-state index is 10.7. The molecule has 2 aromatic rings. The van der Waals surface area contributed by atoms with Crippen molar-refractivity contribution < 1.29 is 0 Å². The van der Waals surface area contributed by atoms with E-state index >= 15 is 0 Å². The van der Waals surface area contributed by atoms with Crippen molar-refractivity contribution in [3.63, 3.8) is 0 Å². The molecule has 0 bridgehead atoms. The quantitative estimate of drug-likeness (QED) is 0.802. The lowest BCUT2D eigenvalue weighted by Crippen LogP contribution is -2.01. The van der Waals surface area contributed by atoms with Crippen LogP contribution in [0, 0.1) is 11.8 Å². The molecule has 5 nitrogen and oxygen atoms in total. The second-order valence-corrected chi connectivity index (χ2v) is 3.37. The number of anilines is 1. The van der Waals surface area contributed by atoms with E-state index in [2.05, 4.69) is 15.6 Å². The largest absolute Gasteiger partial charge is 0.371 e. The average Bonchev–Trinajstić information content (AvgIpc) is 2.66. The molecule has 1 N–H and O–H groups in total. The van der Waals surface area contributed by atoms with Crippen LogP contribution in [0.3, 0.4) is 0 Å². The summed E-state index contributed by atoms with van der Waals surface area (Å²) in [5, 5.41) is 10.2. The van der Waals surface area contributed by atoms with E-state index < -0.39 is 0 Å². The van der Waals surface area contributed by atoms with Gasteiger partial charge in [0.25, 0.3) is 0 Å². The molecule has 1 aromatic heterocycles. The molecule has 82 valence electrons. The second kappa shape index (κ2) is 4.14. The minimum absolute atomic E-state index is 0.353. The zero-order valence-corrected chi connectivity index (χ0v) is 9.14. The number of rotatable bonds is 3. The highest BCUT2D eigenvalue weighted by atomic mass is 16.3. The highest BCUT2D eigenvalue weighted by Gasteiger charge is 2.15. The van der Waals surface area contributed by atoms with Crippen molar-refractivity contribution in [3.8, 4) is 5.69 Å². The summed E-state index contributed by atoms with van der Waals surface area (Å²) in [5.74, 6) is 0.610. The maximum Gasteiger partial charge on any atom is 0.173 e. The lowest BCUT2D eigenvalue weighted by Gasteiger charge is -2.05. The van der Waals surface area contributed by atoms with Crippen LogP contribution in [0.2, 0.25) is 0 Å². The summed E-state index contributed by atoms with van der Waals surface area (Å²) >= 11 is 0. The SMILES string of the molecule is CNc1c(N=O)c(C)nn1-c1ccccc1. The zero-order valence-electron chi connectivity index (χ0n) is 9.14. The van der Waals surface area contributed by atoms with Crippen LogP contribution in [0.1, 0.15) is 5.69 Å². The summed E-state index contributed by atoms with van der Waals surface area (Å²) in [6.45, 7) is 1.76. The Morgan fingerprint density at radius 1 is 1.31 bits per heavy atom. The van der Waals surface area contributed by atoms with Gasteiger partial charge in [0.2, 0.25) is 0 Å². The van der Waals surface area contributed by atoms with Crippen molar-refractivity contribution in [1.29, 1.82) is 0 Å². The number of nitrogens with zero attached hydrogens (tertiary/aromatic N) is 3. The number of hydrogen-bond donors (Lipinski definition) is 1. The Hall–Kier alpha value is -2.17. The lowest BCUT2D eigenvalue weighted by atomic mass is 10.3. The van der Waals surface area contributed by atoms with E-state index in [0.717, 1.165) is 5.69 Å². The number of nitrogens with one attached hydrogen (secondary N) is 1. The summed E-state index contributed by atoms with van der Waals surface area (Å²) < 4.78 is 1.67. The van der Waals surface area contributed by atoms with Crippen LogP contribution in [0.15, 0.2) is 35.5 Å². The first-order valence-corrected chi connectivity index (χ1v) is 4.94. The van der Waals surface area contributed by atoms with Gasteiger partial charge in [0.15, 0.2) is 11.5 Å². The van der Waals surface area contributed by atoms with E-state index in [1.54, 1.807) is 18.7 Å². The van der Waals surface area contributed by atoms with E-state index in [9.17, 15) is 4.91 Å². The van der Waals surface area contributed by atoms with Gasteiger partial charge in [0.05, 0.1) is 11.4 Å². The first-order chi connectivity index (χ1) is 7.77. The Bertz CT molecular complexity index is 504. The predicted molar refractivity (Wildman–Crippen MR) is 63.3 cm³/mol. The number of hydrogen-bond acceptors (Lipinski definition) is 4. The molecule has 0 unspecified atom stereocenters. The maximum atomic E-state index is 10.7. The summed E-state index contributed by atoms with van der Waals surface area (Å²) in [5.41, 5.74) is 1.86. The van der Waals surface area contributed by atoms with Crippen molar-refractivity contribution in [2.75, 3.05) is 12.4 Å². The van der Waals surface area contributed by atoms with E-state index in [4.69, 9.17) is 0 Å². The third-order valence-electron chi connectivity index (χ3n) is 2.36. The molecule has 5 heteroatoms. The number of aromatic nitrogens is 2. The Morgan fingerprint density at radius 2 is 2.00 bits per heavy atom. The van der Waals surface area contributed by atoms with Gasteiger partial charge in [-0.25, -0.2) is 4.68 Å². The van der Waals surface area contributed by atoms with Crippen molar-refractivity contribution in [2.45, 2.75) is 6.92 Å². The molecule has 0 amide bonds. The first kappa shape index (κ1) is 10.4. The topological polar surface area (TPSA) is 59.3 Å². The van der Waals surface area contributed by atoms with Gasteiger partial charge < -0.3 is 5.32 Å². The minimum Gasteiger partial charge on any atom is -0.371 e. The monoisotopic (exact) mass is 216 g/mol. The molecular weight excluding hydrogens is 204 g/mol. The summed E-state index contributed by atoms with van der Waals surface area (Å²) in [6, 6.07) is 9.60. The molecule has 0 saturated carbocycles. The summed E-state index contributed by atoms with van der Waals surface area (Å²) in [4.78, 5) is 10.7. The van der Waals surface area contributed by atoms with Gasteiger partial charge in [-0.05, 0) is 24.2 Å². The Balaban J connectivity index is 2.62. The van der Waals surface area contributed by atoms with Crippen molar-refractivity contribution in [1.82, 2.24) is 9.78 Å². The van der Waals surface area contributed by atoms with Gasteiger partial charge in [-0.15, -0.1) is 4.91 Å². The third kappa shape index (κ3) is 1.56. The smallest absolute Gasteiger partial charge is 0.173 e. The number of benzene rings is 1. The van der Waals surface area contributed by atoms with Gasteiger partial charge in [0.1, 0.15) is 0 Å². The summed E-state index contributed by atoms with van der Waals surface area (Å²) in [6.07, 6.45) is 0. The van der Waals surface area contributed by atoms with Gasteiger partial charge in [0, 0.05) is 7.05 Å². The molecule has 1 aromatic carbocycles. The molecule has 16 heavy (non-hydrogen) atoms. The molecule has 0 fully saturated rings. The van der Waals surface area contributed by atoms with Crippen LogP contribution in [0.25, 0.3) is 5.69 Å². The predicted octanol–water partition coefficient (Wildman–Crippen LogP) is 2.62. The van der Waals surface area contributed by atoms with E-state index in [-0.39, 0.29) is 0 Å². The van der Waals surface area contributed by atoms with Crippen molar-refractivity contribution in [2.24, 2.45) is 5.18 Å². The summed E-state index contributed by atoms with van der Waals surface area (Å²) in [7, 11) is 1.74. The average molecular weight is 216 g/mol. The first-order valence-electron chi connectivity index (χ1n) is 4.94. The molecule has 2 rings (SSSR count). The third-order valence-corrected chi connectivity index (χ3v) is 2.36. The van der Waals surface area contributed by atoms with E-state index in [0.29, 0.717) is 17.2 Å². The second-order valence-electron chi connectivity index (χ2n) is 3.37. The number of nitroso groups, excluding NO2 is 1. The Labute approximate surface area is 93.1 Å². The van der Waals surface area contributed by atoms with E-state index in [1.807, 2.05) is 30.3 Å². The molecule has 0 aliphatic carbocycles. The molecule has 0 radical (unpaired) electrons. The van der Waals surface area contributed by atoms with Crippen LogP contribution in [0.4, 0.5) is 11.5 Å². The van der Waals surface area contributed by atoms with Gasteiger partial charge in [-0.1, -0.05) is 18.2 Å². The number of para-hydroxylation sites is 1. The van der Waals surface area contributed by atoms with Crippen LogP contribution >= 0.6 is 0 Å². The number of aryl methyl sites for hydroxylation is 1. The highest BCUT2D eigenvalue weighted by molar-refractivity contribution is 5.66. The Kier molecular flexibility index (Phi) is 2.68. The fourth-order valence-electron chi connectivity index (χ4n) is 1.61. The highest BCUT2D eigenvalue weighted by Crippen LogP contribution is 2.30. The van der Waals surface area contributed by atoms with Gasteiger partial charge in [-0.3, -0.25) is 0 Å².